The summed E-state index contributed by atoms with van der Waals surface area (Å²) in [5.74, 6) is -1.03. The number of rotatable bonds is 3. The fourth-order valence-electron chi connectivity index (χ4n) is 1.74. The van der Waals surface area contributed by atoms with Crippen LogP contribution in [0.15, 0.2) is 42.5 Å². The molecule has 0 aromatic heterocycles. The first kappa shape index (κ1) is 260. The number of hydrogen-bond acceptors (Lipinski definition) is 3. The Morgan fingerprint density at radius 3 is 0.561 bits per heavy atom. The normalized spacial score (nSPS) is 3.09. The van der Waals surface area contributed by atoms with E-state index in [0.29, 0.717) is 6.42 Å². The van der Waals surface area contributed by atoms with Crippen LogP contribution < -0.4 is 0 Å². The zero-order chi connectivity index (χ0) is 12.3. The van der Waals surface area contributed by atoms with Gasteiger partial charge in [0.25, 0.3) is 0 Å². The van der Waals surface area contributed by atoms with Crippen LogP contribution in [0.1, 0.15) is 11.1 Å². The summed E-state index contributed by atoms with van der Waals surface area (Å²) in [5, 5.41) is 28.0. The Balaban J connectivity index is -0.00000000219. The predicted octanol–water partition coefficient (Wildman–Crippen LogP) is 2.59. The maximum absolute atomic E-state index is 9.37. The van der Waals surface area contributed by atoms with Gasteiger partial charge in [0.1, 0.15) is 0 Å². The van der Waals surface area contributed by atoms with Crippen LogP contribution in [0.25, 0.3) is 0 Å². The van der Waals surface area contributed by atoms with Crippen LogP contribution in [0.5, 0.6) is 17.2 Å². The molecule has 2 rings (SSSR count). The molecular formula is C14H14O3Sm40. The summed E-state index contributed by atoms with van der Waals surface area (Å²) in [7, 11) is 0. The minimum atomic E-state index is -0.464. The Labute approximate surface area is 1640 Å². The minimum Gasteiger partial charge on any atom is -0.504 e. The molecule has 0 radical (unpaired) electrons. The maximum atomic E-state index is 9.37. The molecule has 0 aliphatic rings. The van der Waals surface area contributed by atoms with E-state index in [2.05, 4.69) is 0 Å². The molecule has 328 valence electrons. The number of phenols is 3. The van der Waals surface area contributed by atoms with E-state index in [1.807, 2.05) is 30.3 Å². The van der Waals surface area contributed by atoms with Gasteiger partial charge in [-0.25, -0.2) is 0 Å². The maximum Gasteiger partial charge on any atom is 0.200 e. The monoisotopic (exact) mass is 6310 g/mol. The third kappa shape index (κ3) is 185. The number of benzene rings is 2. The summed E-state index contributed by atoms with van der Waals surface area (Å²) in [5.41, 5.74) is 1.99. The average molecular weight is 6240 g/mol. The molecule has 0 aliphatic heterocycles. The van der Waals surface area contributed by atoms with Gasteiger partial charge in [0.05, 0.1) is 0 Å². The Morgan fingerprint density at radius 1 is 0.228 bits per heavy atom. The molecule has 0 fully saturated rings. The van der Waals surface area contributed by atoms with Gasteiger partial charge in [-0.3, -0.25) is 0 Å². The van der Waals surface area contributed by atoms with E-state index in [9.17, 15) is 15.3 Å². The van der Waals surface area contributed by atoms with Crippen molar-refractivity contribution < 1.29 is 1630 Å². The second kappa shape index (κ2) is 214. The molecule has 0 saturated carbocycles. The van der Waals surface area contributed by atoms with Crippen molar-refractivity contribution in [2.45, 2.75) is 12.8 Å². The van der Waals surface area contributed by atoms with Crippen molar-refractivity contribution >= 4 is 0 Å². The smallest absolute Gasteiger partial charge is 0.200 e. The van der Waals surface area contributed by atoms with E-state index in [1.165, 1.54) is 17.7 Å². The number of aryl methyl sites for hydroxylation is 2. The Hall–Kier alpha value is 51.3. The SMILES string of the molecule is Oc1cc(CCc2ccccc2)cc(O)c1O.[Sm].[Sm].[Sm].[Sm].[Sm].[Sm].[Sm].[Sm].[Sm].[Sm].[Sm].[Sm].[Sm].[Sm].[Sm].[Sm].[Sm].[Sm].[Sm].[Sm].[Sm].[Sm].[Sm].[Sm].[Sm].[Sm].[Sm].[Sm].[Sm].[Sm].[Sm].[Sm].[Sm].[Sm].[Sm].[Sm].[Sm].[Sm].[Sm].[Sm]. The molecule has 0 spiro atoms. The van der Waals surface area contributed by atoms with Gasteiger partial charge in [0, 0.05) is 1620 Å². The quantitative estimate of drug-likeness (QED) is 0.415. The van der Waals surface area contributed by atoms with Crippen LogP contribution in [0.4, 0.5) is 0 Å². The van der Waals surface area contributed by atoms with E-state index in [4.69, 9.17) is 0 Å². The zero-order valence-corrected chi connectivity index (χ0v) is 130. The molecule has 0 aliphatic carbocycles. The number of aromatic hydroxyl groups is 3. The summed E-state index contributed by atoms with van der Waals surface area (Å²) in [4.78, 5) is 0. The van der Waals surface area contributed by atoms with E-state index in [1.54, 1.807) is 0 Å². The molecule has 0 unspecified atom stereocenters. The first-order valence-electron chi connectivity index (χ1n) is 5.44. The Kier molecular flexibility index (Phi) is 974. The van der Waals surface area contributed by atoms with E-state index in [0.717, 1.165) is 12.0 Å². The van der Waals surface area contributed by atoms with Crippen molar-refractivity contribution in [1.82, 2.24) is 0 Å². The van der Waals surface area contributed by atoms with Crippen molar-refractivity contribution in [2.24, 2.45) is 0 Å². The van der Waals surface area contributed by atoms with Gasteiger partial charge in [-0.05, 0) is 36.1 Å². The zero-order valence-electron chi connectivity index (χ0n) is 25.6. The fourth-order valence-corrected chi connectivity index (χ4v) is 1.74. The summed E-state index contributed by atoms with van der Waals surface area (Å²) < 4.78 is 0. The second-order valence-electron chi connectivity index (χ2n) is 3.97. The number of phenolic OH excluding ortho intramolecular Hbond substituents is 3. The Morgan fingerprint density at radius 2 is 0.386 bits per heavy atom. The minimum absolute atomic E-state index is 0. The van der Waals surface area contributed by atoms with Crippen LogP contribution in [0.2, 0.25) is 0 Å². The first-order valence-corrected chi connectivity index (χ1v) is 5.44. The van der Waals surface area contributed by atoms with Gasteiger partial charge in [-0.1, -0.05) is 30.3 Å². The molecular weight excluding hydrogens is 6230 g/mol. The molecule has 0 saturated heterocycles. The summed E-state index contributed by atoms with van der Waals surface area (Å²) >= 11 is 0. The summed E-state index contributed by atoms with van der Waals surface area (Å²) in [6.45, 7) is 0. The predicted molar refractivity (Wildman–Crippen MR) is 65.3 cm³/mol. The number of hydrogen-bond donors (Lipinski definition) is 3. The molecule has 43 heteroatoms. The van der Waals surface area contributed by atoms with Gasteiger partial charge < -0.3 is 15.3 Å². The van der Waals surface area contributed by atoms with Crippen molar-refractivity contribution in [3.63, 3.8) is 0 Å². The van der Waals surface area contributed by atoms with Crippen molar-refractivity contribution in [3.05, 3.63) is 53.6 Å². The fraction of sp³-hybridized carbons (Fsp3) is 0.143. The van der Waals surface area contributed by atoms with Gasteiger partial charge in [-0.2, -0.15) is 0 Å². The molecule has 2 aromatic rings. The van der Waals surface area contributed by atoms with Crippen LogP contribution in [0, 0.1) is 1620 Å². The first-order chi connectivity index (χ1) is 8.16. The van der Waals surface area contributed by atoms with E-state index >= 15 is 0 Å². The second-order valence-corrected chi connectivity index (χ2v) is 3.97. The van der Waals surface area contributed by atoms with Crippen molar-refractivity contribution in [2.75, 3.05) is 0 Å². The molecule has 3 nitrogen and oxygen atoms in total. The van der Waals surface area contributed by atoms with Crippen LogP contribution in [0.3, 0.4) is 0 Å². The van der Waals surface area contributed by atoms with Crippen LogP contribution in [-0.4, -0.2) is 15.3 Å². The van der Waals surface area contributed by atoms with E-state index < -0.39 is 5.75 Å². The van der Waals surface area contributed by atoms with Gasteiger partial charge in [-0.15, -0.1) is 0 Å². The third-order valence-corrected chi connectivity index (χ3v) is 2.67. The molecule has 0 heterocycles. The summed E-state index contributed by atoms with van der Waals surface area (Å²) in [6.07, 6.45) is 1.52. The van der Waals surface area contributed by atoms with E-state index in [-0.39, 0.29) is 1630 Å². The van der Waals surface area contributed by atoms with Crippen molar-refractivity contribution in [1.29, 1.82) is 0 Å². The summed E-state index contributed by atoms with van der Waals surface area (Å²) in [6, 6.07) is 12.9. The van der Waals surface area contributed by atoms with Gasteiger partial charge >= 0.3 is 0 Å². The van der Waals surface area contributed by atoms with Crippen LogP contribution >= 0.6 is 0 Å². The van der Waals surface area contributed by atoms with Gasteiger partial charge in [0.15, 0.2) is 17.2 Å². The molecule has 3 N–H and O–H groups in total. The molecule has 2 aromatic carbocycles. The largest absolute Gasteiger partial charge is 0.504 e. The Bertz CT molecular complexity index is 533. The van der Waals surface area contributed by atoms with Crippen molar-refractivity contribution in [3.8, 4) is 17.2 Å². The molecule has 0 amide bonds. The average Bonchev–Trinajstić information content (AvgIpc) is 2.34. The topological polar surface area (TPSA) is 60.7 Å². The molecule has 57 heavy (non-hydrogen) atoms. The third-order valence-electron chi connectivity index (χ3n) is 2.67. The van der Waals surface area contributed by atoms with Crippen LogP contribution in [-0.2, 0) is 12.8 Å². The standard InChI is InChI=1S/C14H14O3.40Sm/c15-12-8-11(9-13(16)14(12)17)7-6-10-4-2-1-3-5-10;;;;;;;;;;;;;;;;;;;;;;;;;;;;;;;;;;;;;;;;/h1-5,8-9,15-17H,6-7H2;;;;;;;;;;;;;;;;;;;;;;;;;;;;;;;;;;;;;;;;. The molecule has 0 bridgehead atoms. The molecule has 0 atom stereocenters. The van der Waals surface area contributed by atoms with Gasteiger partial charge in [0.2, 0.25) is 0 Å².